The molecule has 1 heterocycles. The standard InChI is InChI=1S/C17H21BrFNS/c1-3-5-15(20-10-4-2)17-9-8-16(21-17)13-11-12(19)6-7-14(13)18/h6-9,11,15,20H,3-5,10H2,1-2H3. The molecule has 1 N–H and O–H groups in total. The van der Waals surface area contributed by atoms with E-state index in [-0.39, 0.29) is 5.82 Å². The van der Waals surface area contributed by atoms with Crippen LogP contribution >= 0.6 is 27.3 Å². The molecular weight excluding hydrogens is 349 g/mol. The fraction of sp³-hybridized carbons (Fsp3) is 0.412. The molecule has 0 radical (unpaired) electrons. The SMILES string of the molecule is CCCNC(CCC)c1ccc(-c2cc(F)ccc2Br)s1. The molecule has 0 fully saturated rings. The summed E-state index contributed by atoms with van der Waals surface area (Å²) < 4.78 is 14.4. The van der Waals surface area contributed by atoms with E-state index in [0.717, 1.165) is 40.7 Å². The minimum atomic E-state index is -0.197. The van der Waals surface area contributed by atoms with Crippen LogP contribution in [0.1, 0.15) is 44.0 Å². The van der Waals surface area contributed by atoms with Gasteiger partial charge in [0.1, 0.15) is 5.82 Å². The highest BCUT2D eigenvalue weighted by Crippen LogP contribution is 2.36. The van der Waals surface area contributed by atoms with Crippen molar-refractivity contribution in [2.75, 3.05) is 6.54 Å². The summed E-state index contributed by atoms with van der Waals surface area (Å²) in [6.07, 6.45) is 3.41. The van der Waals surface area contributed by atoms with Crippen LogP contribution in [0, 0.1) is 5.82 Å². The van der Waals surface area contributed by atoms with Gasteiger partial charge in [0.05, 0.1) is 0 Å². The van der Waals surface area contributed by atoms with E-state index in [4.69, 9.17) is 0 Å². The van der Waals surface area contributed by atoms with Gasteiger partial charge >= 0.3 is 0 Å². The molecule has 21 heavy (non-hydrogen) atoms. The van der Waals surface area contributed by atoms with Crippen molar-refractivity contribution in [3.8, 4) is 10.4 Å². The van der Waals surface area contributed by atoms with Crippen LogP contribution in [-0.2, 0) is 0 Å². The van der Waals surface area contributed by atoms with Crippen LogP contribution in [0.15, 0.2) is 34.8 Å². The molecule has 1 nitrogen and oxygen atoms in total. The van der Waals surface area contributed by atoms with Gasteiger partial charge in [-0.25, -0.2) is 4.39 Å². The normalized spacial score (nSPS) is 12.6. The first-order valence-electron chi connectivity index (χ1n) is 7.44. The first-order chi connectivity index (χ1) is 10.2. The Morgan fingerprint density at radius 3 is 2.71 bits per heavy atom. The summed E-state index contributed by atoms with van der Waals surface area (Å²) in [4.78, 5) is 2.44. The Bertz CT molecular complexity index is 582. The van der Waals surface area contributed by atoms with Gasteiger partial charge in [0.2, 0.25) is 0 Å². The summed E-state index contributed by atoms with van der Waals surface area (Å²) in [5, 5.41) is 3.60. The highest BCUT2D eigenvalue weighted by Gasteiger charge is 2.14. The number of thiophene rings is 1. The Morgan fingerprint density at radius 2 is 2.00 bits per heavy atom. The van der Waals surface area contributed by atoms with Gasteiger partial charge in [-0.05, 0) is 49.7 Å². The molecule has 0 bridgehead atoms. The quantitative estimate of drug-likeness (QED) is 0.616. The Labute approximate surface area is 138 Å². The molecule has 0 saturated carbocycles. The Balaban J connectivity index is 2.24. The van der Waals surface area contributed by atoms with Gasteiger partial charge in [0.25, 0.3) is 0 Å². The fourth-order valence-corrected chi connectivity index (χ4v) is 4.06. The lowest BCUT2D eigenvalue weighted by molar-refractivity contribution is 0.501. The molecule has 114 valence electrons. The zero-order valence-electron chi connectivity index (χ0n) is 12.5. The van der Waals surface area contributed by atoms with Crippen LogP contribution in [0.2, 0.25) is 0 Å². The third-order valence-corrected chi connectivity index (χ3v) is 5.31. The van der Waals surface area contributed by atoms with Gasteiger partial charge in [0, 0.05) is 25.8 Å². The number of rotatable bonds is 7. The lowest BCUT2D eigenvalue weighted by Crippen LogP contribution is -2.21. The van der Waals surface area contributed by atoms with Crippen molar-refractivity contribution in [3.05, 3.63) is 45.5 Å². The average Bonchev–Trinajstić information content (AvgIpc) is 2.95. The van der Waals surface area contributed by atoms with E-state index in [0.29, 0.717) is 6.04 Å². The predicted octanol–water partition coefficient (Wildman–Crippen LogP) is 6.16. The number of halogens is 2. The molecule has 1 aromatic carbocycles. The highest BCUT2D eigenvalue weighted by atomic mass is 79.9. The Hall–Kier alpha value is -0.710. The second-order valence-electron chi connectivity index (χ2n) is 5.12. The molecule has 0 aliphatic carbocycles. The monoisotopic (exact) mass is 369 g/mol. The molecule has 0 aliphatic rings. The van der Waals surface area contributed by atoms with Gasteiger partial charge in [-0.2, -0.15) is 0 Å². The first-order valence-corrected chi connectivity index (χ1v) is 9.05. The summed E-state index contributed by atoms with van der Waals surface area (Å²) in [7, 11) is 0. The topological polar surface area (TPSA) is 12.0 Å². The van der Waals surface area contributed by atoms with E-state index in [1.807, 2.05) is 0 Å². The van der Waals surface area contributed by atoms with Gasteiger partial charge in [-0.1, -0.05) is 36.2 Å². The maximum Gasteiger partial charge on any atom is 0.123 e. The van der Waals surface area contributed by atoms with Crippen molar-refractivity contribution in [2.45, 2.75) is 39.2 Å². The van der Waals surface area contributed by atoms with Crippen molar-refractivity contribution in [2.24, 2.45) is 0 Å². The van der Waals surface area contributed by atoms with Crippen LogP contribution in [0.4, 0.5) is 4.39 Å². The van der Waals surface area contributed by atoms with Crippen molar-refractivity contribution < 1.29 is 4.39 Å². The van der Waals surface area contributed by atoms with E-state index in [2.05, 4.69) is 47.2 Å². The van der Waals surface area contributed by atoms with E-state index >= 15 is 0 Å². The second-order valence-corrected chi connectivity index (χ2v) is 7.09. The highest BCUT2D eigenvalue weighted by molar-refractivity contribution is 9.10. The Morgan fingerprint density at radius 1 is 1.19 bits per heavy atom. The zero-order chi connectivity index (χ0) is 15.2. The summed E-state index contributed by atoms with van der Waals surface area (Å²) in [6.45, 7) is 5.42. The maximum atomic E-state index is 13.5. The largest absolute Gasteiger partial charge is 0.309 e. The molecule has 4 heteroatoms. The second kappa shape index (κ2) is 8.06. The third-order valence-electron chi connectivity index (χ3n) is 3.38. The molecule has 2 rings (SSSR count). The number of benzene rings is 1. The molecule has 0 amide bonds. The zero-order valence-corrected chi connectivity index (χ0v) is 14.9. The molecule has 1 unspecified atom stereocenters. The van der Waals surface area contributed by atoms with Crippen LogP contribution in [0.25, 0.3) is 10.4 Å². The minimum Gasteiger partial charge on any atom is -0.309 e. The predicted molar refractivity (Wildman–Crippen MR) is 93.4 cm³/mol. The summed E-state index contributed by atoms with van der Waals surface area (Å²) in [6, 6.07) is 9.50. The van der Waals surface area contributed by atoms with Gasteiger partial charge in [-0.3, -0.25) is 0 Å². The molecule has 0 spiro atoms. The molecular formula is C17H21BrFNS. The van der Waals surface area contributed by atoms with Crippen molar-refractivity contribution in [3.63, 3.8) is 0 Å². The van der Waals surface area contributed by atoms with E-state index in [1.54, 1.807) is 23.5 Å². The number of hydrogen-bond donors (Lipinski definition) is 1. The van der Waals surface area contributed by atoms with Crippen molar-refractivity contribution in [1.29, 1.82) is 0 Å². The van der Waals surface area contributed by atoms with Crippen LogP contribution in [-0.4, -0.2) is 6.54 Å². The molecule has 1 aromatic heterocycles. The first kappa shape index (κ1) is 16.7. The Kier molecular flexibility index (Phi) is 6.40. The third kappa shape index (κ3) is 4.38. The van der Waals surface area contributed by atoms with Crippen LogP contribution < -0.4 is 5.32 Å². The van der Waals surface area contributed by atoms with Crippen molar-refractivity contribution >= 4 is 27.3 Å². The number of hydrogen-bond acceptors (Lipinski definition) is 2. The molecule has 2 aromatic rings. The van der Waals surface area contributed by atoms with Gasteiger partial charge < -0.3 is 5.32 Å². The number of nitrogens with one attached hydrogen (secondary N) is 1. The van der Waals surface area contributed by atoms with Gasteiger partial charge in [0.15, 0.2) is 0 Å². The lowest BCUT2D eigenvalue weighted by atomic mass is 10.1. The summed E-state index contributed by atoms with van der Waals surface area (Å²) >= 11 is 5.26. The van der Waals surface area contributed by atoms with E-state index in [1.165, 1.54) is 10.9 Å². The maximum absolute atomic E-state index is 13.5. The lowest BCUT2D eigenvalue weighted by Gasteiger charge is -2.16. The van der Waals surface area contributed by atoms with Gasteiger partial charge in [-0.15, -0.1) is 11.3 Å². The fourth-order valence-electron chi connectivity index (χ4n) is 2.32. The molecule has 1 atom stereocenters. The van der Waals surface area contributed by atoms with E-state index in [9.17, 15) is 4.39 Å². The minimum absolute atomic E-state index is 0.197. The summed E-state index contributed by atoms with van der Waals surface area (Å²) in [5.41, 5.74) is 0.928. The summed E-state index contributed by atoms with van der Waals surface area (Å²) in [5.74, 6) is -0.197. The van der Waals surface area contributed by atoms with Crippen LogP contribution in [0.3, 0.4) is 0 Å². The van der Waals surface area contributed by atoms with Crippen LogP contribution in [0.5, 0.6) is 0 Å². The average molecular weight is 370 g/mol. The smallest absolute Gasteiger partial charge is 0.123 e. The van der Waals surface area contributed by atoms with E-state index < -0.39 is 0 Å². The van der Waals surface area contributed by atoms with Crippen molar-refractivity contribution in [1.82, 2.24) is 5.32 Å². The molecule has 0 saturated heterocycles. The molecule has 0 aliphatic heterocycles.